The Hall–Kier alpha value is -1.10. The van der Waals surface area contributed by atoms with E-state index in [-0.39, 0.29) is 5.91 Å². The van der Waals surface area contributed by atoms with Crippen LogP contribution in [0.2, 0.25) is 0 Å². The number of carbonyl (C=O) groups is 2. The molecule has 5 heteroatoms. The van der Waals surface area contributed by atoms with Crippen molar-refractivity contribution in [2.75, 3.05) is 33.4 Å². The molecular weight excluding hydrogens is 270 g/mol. The molecule has 1 fully saturated rings. The first-order valence-electron chi connectivity index (χ1n) is 7.75. The molecule has 0 aliphatic carbocycles. The van der Waals surface area contributed by atoms with E-state index in [1.807, 2.05) is 20.8 Å². The number of carbonyl (C=O) groups excluding carboxylic acids is 2. The van der Waals surface area contributed by atoms with E-state index >= 15 is 0 Å². The summed E-state index contributed by atoms with van der Waals surface area (Å²) < 4.78 is 10.3. The highest BCUT2D eigenvalue weighted by molar-refractivity contribution is 5.98. The molecular formula is C16H29NO4. The zero-order valence-electron chi connectivity index (χ0n) is 14.0. The Morgan fingerprint density at radius 3 is 2.52 bits per heavy atom. The summed E-state index contributed by atoms with van der Waals surface area (Å²) in [4.78, 5) is 26.8. The van der Waals surface area contributed by atoms with E-state index in [1.54, 1.807) is 18.9 Å². The second-order valence-corrected chi connectivity index (χ2v) is 6.80. The van der Waals surface area contributed by atoms with Gasteiger partial charge in [-0.25, -0.2) is 0 Å². The zero-order valence-corrected chi connectivity index (χ0v) is 14.0. The third-order valence-corrected chi connectivity index (χ3v) is 3.87. The number of esters is 1. The summed E-state index contributed by atoms with van der Waals surface area (Å²) in [5.41, 5.74) is -0.447. The summed E-state index contributed by atoms with van der Waals surface area (Å²) in [5.74, 6) is -0.903. The molecule has 0 N–H and O–H groups in total. The number of rotatable bonds is 5. The van der Waals surface area contributed by atoms with Crippen molar-refractivity contribution in [3.8, 4) is 0 Å². The van der Waals surface area contributed by atoms with E-state index in [9.17, 15) is 9.59 Å². The molecule has 21 heavy (non-hydrogen) atoms. The Labute approximate surface area is 128 Å². The van der Waals surface area contributed by atoms with Crippen molar-refractivity contribution in [1.29, 1.82) is 0 Å². The Kier molecular flexibility index (Phi) is 6.65. The maximum Gasteiger partial charge on any atom is 0.319 e. The standard InChI is InChI=1S/C16H29NO4/c1-6-21-15(19)13(16(2,3)4)14(18)17-9-7-8-12(10-17)11-20-5/h12-13H,6-11H2,1-5H3. The largest absolute Gasteiger partial charge is 0.465 e. The fourth-order valence-corrected chi connectivity index (χ4v) is 2.87. The molecule has 1 heterocycles. The topological polar surface area (TPSA) is 55.8 Å². The molecule has 0 saturated carbocycles. The molecule has 0 aromatic carbocycles. The van der Waals surface area contributed by atoms with E-state index < -0.39 is 17.3 Å². The SMILES string of the molecule is CCOC(=O)C(C(=O)N1CCCC(COC)C1)C(C)(C)C. The molecule has 0 radical (unpaired) electrons. The Balaban J connectivity index is 2.82. The quantitative estimate of drug-likeness (QED) is 0.576. The van der Waals surface area contributed by atoms with E-state index in [2.05, 4.69) is 0 Å². The van der Waals surface area contributed by atoms with Gasteiger partial charge in [0.2, 0.25) is 5.91 Å². The first-order chi connectivity index (χ1) is 9.81. The normalized spacial score (nSPS) is 21.0. The summed E-state index contributed by atoms with van der Waals surface area (Å²) in [6.07, 6.45) is 2.02. The van der Waals surface area contributed by atoms with Gasteiger partial charge in [-0.05, 0) is 31.1 Å². The lowest BCUT2D eigenvalue weighted by molar-refractivity contribution is -0.161. The van der Waals surface area contributed by atoms with Gasteiger partial charge in [-0.1, -0.05) is 20.8 Å². The van der Waals surface area contributed by atoms with Crippen LogP contribution in [0.25, 0.3) is 0 Å². The zero-order chi connectivity index (χ0) is 16.0. The van der Waals surface area contributed by atoms with Crippen LogP contribution in [0.3, 0.4) is 0 Å². The van der Waals surface area contributed by atoms with Gasteiger partial charge in [0, 0.05) is 20.2 Å². The molecule has 0 bridgehead atoms. The van der Waals surface area contributed by atoms with Crippen LogP contribution in [-0.2, 0) is 19.1 Å². The van der Waals surface area contributed by atoms with Crippen LogP contribution in [0.1, 0.15) is 40.5 Å². The lowest BCUT2D eigenvalue weighted by atomic mass is 9.79. The van der Waals surface area contributed by atoms with Crippen LogP contribution >= 0.6 is 0 Å². The molecule has 0 aromatic rings. The van der Waals surface area contributed by atoms with Gasteiger partial charge in [-0.15, -0.1) is 0 Å². The first-order valence-corrected chi connectivity index (χ1v) is 7.75. The Morgan fingerprint density at radius 2 is 2.00 bits per heavy atom. The predicted molar refractivity (Wildman–Crippen MR) is 80.8 cm³/mol. The average molecular weight is 299 g/mol. The van der Waals surface area contributed by atoms with Gasteiger partial charge in [-0.3, -0.25) is 9.59 Å². The van der Waals surface area contributed by atoms with Gasteiger partial charge >= 0.3 is 5.97 Å². The lowest BCUT2D eigenvalue weighted by Crippen LogP contribution is -2.49. The van der Waals surface area contributed by atoms with Crippen molar-refractivity contribution in [3.63, 3.8) is 0 Å². The summed E-state index contributed by atoms with van der Waals surface area (Å²) in [6.45, 7) is 9.81. The third kappa shape index (κ3) is 4.99. The van der Waals surface area contributed by atoms with Gasteiger partial charge < -0.3 is 14.4 Å². The lowest BCUT2D eigenvalue weighted by Gasteiger charge is -2.37. The molecule has 0 aromatic heterocycles. The number of amides is 1. The molecule has 1 rings (SSSR count). The highest BCUT2D eigenvalue weighted by Crippen LogP contribution is 2.30. The number of ether oxygens (including phenoxy) is 2. The third-order valence-electron chi connectivity index (χ3n) is 3.87. The highest BCUT2D eigenvalue weighted by atomic mass is 16.5. The maximum absolute atomic E-state index is 12.8. The van der Waals surface area contributed by atoms with Crippen molar-refractivity contribution in [2.24, 2.45) is 17.3 Å². The summed E-state index contributed by atoms with van der Waals surface area (Å²) in [6, 6.07) is 0. The molecule has 2 atom stereocenters. The van der Waals surface area contributed by atoms with Gasteiger partial charge in [0.25, 0.3) is 0 Å². The minimum absolute atomic E-state index is 0.109. The van der Waals surface area contributed by atoms with Gasteiger partial charge in [0.1, 0.15) is 5.92 Å². The number of methoxy groups -OCH3 is 1. The van der Waals surface area contributed by atoms with Crippen LogP contribution in [0.4, 0.5) is 0 Å². The Morgan fingerprint density at radius 1 is 1.33 bits per heavy atom. The minimum Gasteiger partial charge on any atom is -0.465 e. The molecule has 0 spiro atoms. The number of likely N-dealkylation sites (tertiary alicyclic amines) is 1. The van der Waals surface area contributed by atoms with Crippen molar-refractivity contribution in [1.82, 2.24) is 4.90 Å². The number of nitrogens with zero attached hydrogens (tertiary/aromatic N) is 1. The van der Waals surface area contributed by atoms with Gasteiger partial charge in [0.15, 0.2) is 0 Å². The maximum atomic E-state index is 12.8. The molecule has 1 amide bonds. The fraction of sp³-hybridized carbons (Fsp3) is 0.875. The fourth-order valence-electron chi connectivity index (χ4n) is 2.87. The van der Waals surface area contributed by atoms with Crippen molar-refractivity contribution in [2.45, 2.75) is 40.5 Å². The molecule has 5 nitrogen and oxygen atoms in total. The number of hydrogen-bond acceptors (Lipinski definition) is 4. The monoisotopic (exact) mass is 299 g/mol. The summed E-state index contributed by atoms with van der Waals surface area (Å²) >= 11 is 0. The van der Waals surface area contributed by atoms with Crippen LogP contribution < -0.4 is 0 Å². The molecule has 1 saturated heterocycles. The minimum atomic E-state index is -0.737. The molecule has 1 aliphatic rings. The van der Waals surface area contributed by atoms with E-state index in [0.29, 0.717) is 32.2 Å². The van der Waals surface area contributed by atoms with Gasteiger partial charge in [-0.2, -0.15) is 0 Å². The van der Waals surface area contributed by atoms with Crippen LogP contribution in [0, 0.1) is 17.3 Å². The van der Waals surface area contributed by atoms with E-state index in [1.165, 1.54) is 0 Å². The Bertz CT molecular complexity index is 360. The smallest absolute Gasteiger partial charge is 0.319 e. The number of hydrogen-bond donors (Lipinski definition) is 0. The van der Waals surface area contributed by atoms with Crippen LogP contribution in [0.5, 0.6) is 0 Å². The van der Waals surface area contributed by atoms with E-state index in [4.69, 9.17) is 9.47 Å². The first kappa shape index (κ1) is 18.0. The highest BCUT2D eigenvalue weighted by Gasteiger charge is 2.42. The van der Waals surface area contributed by atoms with Crippen molar-refractivity contribution >= 4 is 11.9 Å². The summed E-state index contributed by atoms with van der Waals surface area (Å²) in [5, 5.41) is 0. The van der Waals surface area contributed by atoms with Crippen molar-refractivity contribution < 1.29 is 19.1 Å². The van der Waals surface area contributed by atoms with E-state index in [0.717, 1.165) is 12.8 Å². The second-order valence-electron chi connectivity index (χ2n) is 6.80. The number of piperidine rings is 1. The predicted octanol–water partition coefficient (Wildman–Crippen LogP) is 2.10. The molecule has 122 valence electrons. The second kappa shape index (κ2) is 7.78. The summed E-state index contributed by atoms with van der Waals surface area (Å²) in [7, 11) is 1.68. The molecule has 2 unspecified atom stereocenters. The van der Waals surface area contributed by atoms with Crippen molar-refractivity contribution in [3.05, 3.63) is 0 Å². The van der Waals surface area contributed by atoms with Crippen LogP contribution in [-0.4, -0.2) is 50.2 Å². The van der Waals surface area contributed by atoms with Gasteiger partial charge in [0.05, 0.1) is 13.2 Å². The average Bonchev–Trinajstić information content (AvgIpc) is 2.38. The molecule has 1 aliphatic heterocycles. The van der Waals surface area contributed by atoms with Crippen LogP contribution in [0.15, 0.2) is 0 Å².